The van der Waals surface area contributed by atoms with Crippen LogP contribution in [0.5, 0.6) is 0 Å². The minimum Gasteiger partial charge on any atom is -0.343 e. The van der Waals surface area contributed by atoms with Crippen molar-refractivity contribution in [3.05, 3.63) is 22.4 Å². The second kappa shape index (κ2) is 5.86. The number of likely N-dealkylation sites (N-methyl/N-ethyl adjacent to an activating group) is 1. The molecule has 0 radical (unpaired) electrons. The molecular weight excluding hydrogens is 296 g/mol. The van der Waals surface area contributed by atoms with E-state index >= 15 is 0 Å². The first-order valence-corrected chi connectivity index (χ1v) is 6.99. The normalized spacial score (nSPS) is 17.9. The molecule has 1 aromatic rings. The Morgan fingerprint density at radius 2 is 2.06 bits per heavy atom. The molecule has 1 saturated heterocycles. The highest BCUT2D eigenvalue weighted by atomic mass is 79.9. The number of aryl methyl sites for hydroxylation is 1. The second-order valence-corrected chi connectivity index (χ2v) is 5.48. The lowest BCUT2D eigenvalue weighted by molar-refractivity contribution is 0.0654. The van der Waals surface area contributed by atoms with Gasteiger partial charge in [0, 0.05) is 43.4 Å². The summed E-state index contributed by atoms with van der Waals surface area (Å²) in [5.74, 6) is -0.0351. The molecule has 0 unspecified atom stereocenters. The first kappa shape index (κ1) is 13.6. The van der Waals surface area contributed by atoms with Crippen molar-refractivity contribution in [1.29, 1.82) is 0 Å². The molecule has 0 atom stereocenters. The molecule has 2 heterocycles. The number of hydrogen-bond donors (Lipinski definition) is 1. The molecule has 5 nitrogen and oxygen atoms in total. The van der Waals surface area contributed by atoms with Crippen molar-refractivity contribution in [2.24, 2.45) is 0 Å². The molecule has 1 aromatic heterocycles. The predicted molar refractivity (Wildman–Crippen MR) is 74.3 cm³/mol. The van der Waals surface area contributed by atoms with Crippen LogP contribution in [0.4, 0.5) is 0 Å². The van der Waals surface area contributed by atoms with Gasteiger partial charge >= 0.3 is 0 Å². The number of carbonyl (C=O) groups is 1. The third-order valence-electron chi connectivity index (χ3n) is 3.20. The molecule has 0 aliphatic carbocycles. The summed E-state index contributed by atoms with van der Waals surface area (Å²) in [5.41, 5.74) is 3.67. The molecule has 100 valence electrons. The Bertz CT molecular complexity index is 424. The number of piperazine rings is 1. The Kier molecular flexibility index (Phi) is 4.42. The predicted octanol–water partition coefficient (Wildman–Crippen LogP) is 1.16. The van der Waals surface area contributed by atoms with Crippen LogP contribution in [-0.2, 0) is 6.54 Å². The van der Waals surface area contributed by atoms with Crippen LogP contribution in [0, 0.1) is 0 Å². The highest BCUT2D eigenvalue weighted by Gasteiger charge is 2.18. The van der Waals surface area contributed by atoms with Gasteiger partial charge in [-0.1, -0.05) is 0 Å². The summed E-state index contributed by atoms with van der Waals surface area (Å²) >= 11 is 3.40. The molecule has 1 aliphatic rings. The first-order chi connectivity index (χ1) is 8.60. The maximum Gasteiger partial charge on any atom is 0.282 e. The monoisotopic (exact) mass is 314 g/mol. The van der Waals surface area contributed by atoms with Gasteiger partial charge in [0.1, 0.15) is 5.69 Å². The van der Waals surface area contributed by atoms with Gasteiger partial charge in [0.15, 0.2) is 0 Å². The van der Waals surface area contributed by atoms with Gasteiger partial charge < -0.3 is 9.47 Å². The fourth-order valence-electron chi connectivity index (χ4n) is 2.05. The minimum atomic E-state index is -0.0351. The fraction of sp³-hybridized carbons (Fsp3) is 0.583. The average molecular weight is 315 g/mol. The molecule has 1 aliphatic heterocycles. The summed E-state index contributed by atoms with van der Waals surface area (Å²) in [6, 6.07) is 1.86. The second-order valence-electron chi connectivity index (χ2n) is 4.56. The number of carbonyl (C=O) groups excluding carboxylic acids is 1. The molecule has 0 spiro atoms. The average Bonchev–Trinajstić information content (AvgIpc) is 2.73. The smallest absolute Gasteiger partial charge is 0.282 e. The summed E-state index contributed by atoms with van der Waals surface area (Å²) in [4.78, 5) is 14.4. The maximum atomic E-state index is 12.2. The van der Waals surface area contributed by atoms with E-state index in [4.69, 9.17) is 0 Å². The lowest BCUT2D eigenvalue weighted by atomic mass is 10.3. The van der Waals surface area contributed by atoms with Gasteiger partial charge in [-0.05, 0) is 36.0 Å². The summed E-state index contributed by atoms with van der Waals surface area (Å²) in [6.07, 6.45) is 1.93. The summed E-state index contributed by atoms with van der Waals surface area (Å²) in [5, 5.41) is 1.99. The lowest BCUT2D eigenvalue weighted by Gasteiger charge is -2.32. The van der Waals surface area contributed by atoms with E-state index in [0.717, 1.165) is 37.2 Å². The number of aromatic nitrogens is 1. The van der Waals surface area contributed by atoms with Crippen LogP contribution in [0.2, 0.25) is 0 Å². The molecule has 1 N–H and O–H groups in total. The highest BCUT2D eigenvalue weighted by molar-refractivity contribution is 9.10. The number of hydrogen-bond acceptors (Lipinski definition) is 3. The van der Waals surface area contributed by atoms with E-state index in [1.54, 1.807) is 0 Å². The van der Waals surface area contributed by atoms with Gasteiger partial charge in [-0.2, -0.15) is 0 Å². The van der Waals surface area contributed by atoms with Crippen LogP contribution in [0.3, 0.4) is 0 Å². The standard InChI is InChI=1S/C12H19BrN4O/c1-3-16-9-10(13)8-11(16)12(18)14-17-6-4-15(2)5-7-17/h8-9H,3-7H2,1-2H3,(H,14,18). The van der Waals surface area contributed by atoms with Gasteiger partial charge in [0.2, 0.25) is 0 Å². The zero-order chi connectivity index (χ0) is 13.1. The van der Waals surface area contributed by atoms with Crippen LogP contribution < -0.4 is 5.43 Å². The van der Waals surface area contributed by atoms with E-state index in [-0.39, 0.29) is 5.91 Å². The Labute approximate surface area is 116 Å². The van der Waals surface area contributed by atoms with E-state index in [0.29, 0.717) is 5.69 Å². The third-order valence-corrected chi connectivity index (χ3v) is 3.63. The maximum absolute atomic E-state index is 12.2. The van der Waals surface area contributed by atoms with Crippen LogP contribution in [0.25, 0.3) is 0 Å². The molecule has 6 heteroatoms. The van der Waals surface area contributed by atoms with Crippen molar-refractivity contribution >= 4 is 21.8 Å². The SMILES string of the molecule is CCn1cc(Br)cc1C(=O)NN1CCN(C)CC1. The number of nitrogens with zero attached hydrogens (tertiary/aromatic N) is 3. The number of halogens is 1. The topological polar surface area (TPSA) is 40.5 Å². The number of hydrazine groups is 1. The largest absolute Gasteiger partial charge is 0.343 e. The van der Waals surface area contributed by atoms with Crippen molar-refractivity contribution in [3.63, 3.8) is 0 Å². The quantitative estimate of drug-likeness (QED) is 0.910. The van der Waals surface area contributed by atoms with Crippen molar-refractivity contribution in [3.8, 4) is 0 Å². The van der Waals surface area contributed by atoms with Gasteiger partial charge in [0.25, 0.3) is 5.91 Å². The van der Waals surface area contributed by atoms with Gasteiger partial charge in [0.05, 0.1) is 0 Å². The minimum absolute atomic E-state index is 0.0351. The molecule has 1 amide bonds. The van der Waals surface area contributed by atoms with Gasteiger partial charge in [-0.15, -0.1) is 0 Å². The molecule has 1 fully saturated rings. The molecule has 18 heavy (non-hydrogen) atoms. The number of nitrogens with one attached hydrogen (secondary N) is 1. The molecule has 0 bridgehead atoms. The third kappa shape index (κ3) is 3.13. The summed E-state index contributed by atoms with van der Waals surface area (Å²) in [7, 11) is 2.10. The Morgan fingerprint density at radius 1 is 1.39 bits per heavy atom. The van der Waals surface area contributed by atoms with Crippen molar-refractivity contribution in [1.82, 2.24) is 19.9 Å². The van der Waals surface area contributed by atoms with E-state index in [1.807, 2.05) is 28.8 Å². The Balaban J connectivity index is 1.99. The number of amides is 1. The van der Waals surface area contributed by atoms with E-state index in [2.05, 4.69) is 33.3 Å². The van der Waals surface area contributed by atoms with Gasteiger partial charge in [-0.25, -0.2) is 5.01 Å². The summed E-state index contributed by atoms with van der Waals surface area (Å²) < 4.78 is 2.88. The molecule has 0 aromatic carbocycles. The Hall–Kier alpha value is -0.850. The van der Waals surface area contributed by atoms with Crippen LogP contribution in [0.15, 0.2) is 16.7 Å². The molecule has 0 saturated carbocycles. The van der Waals surface area contributed by atoms with E-state index < -0.39 is 0 Å². The van der Waals surface area contributed by atoms with Crippen LogP contribution in [-0.4, -0.2) is 53.6 Å². The van der Waals surface area contributed by atoms with Crippen molar-refractivity contribution in [2.45, 2.75) is 13.5 Å². The van der Waals surface area contributed by atoms with Crippen molar-refractivity contribution < 1.29 is 4.79 Å². The molecular formula is C12H19BrN4O. The number of rotatable bonds is 3. The summed E-state index contributed by atoms with van der Waals surface area (Å²) in [6.45, 7) is 6.53. The van der Waals surface area contributed by atoms with Crippen molar-refractivity contribution in [2.75, 3.05) is 33.2 Å². The van der Waals surface area contributed by atoms with Gasteiger partial charge in [-0.3, -0.25) is 10.2 Å². The van der Waals surface area contributed by atoms with Crippen LogP contribution in [0.1, 0.15) is 17.4 Å². The van der Waals surface area contributed by atoms with E-state index in [9.17, 15) is 4.79 Å². The molecule has 2 rings (SSSR count). The lowest BCUT2D eigenvalue weighted by Crippen LogP contribution is -2.52. The zero-order valence-electron chi connectivity index (χ0n) is 10.8. The Morgan fingerprint density at radius 3 is 2.67 bits per heavy atom. The van der Waals surface area contributed by atoms with E-state index in [1.165, 1.54) is 0 Å². The van der Waals surface area contributed by atoms with Crippen LogP contribution >= 0.6 is 15.9 Å². The first-order valence-electron chi connectivity index (χ1n) is 6.20. The highest BCUT2D eigenvalue weighted by Crippen LogP contribution is 2.15. The zero-order valence-corrected chi connectivity index (χ0v) is 12.4. The fourth-order valence-corrected chi connectivity index (χ4v) is 2.51.